The van der Waals surface area contributed by atoms with E-state index in [1.54, 1.807) is 19.1 Å². The zero-order valence-corrected chi connectivity index (χ0v) is 15.2. The second-order valence-electron chi connectivity index (χ2n) is 6.42. The van der Waals surface area contributed by atoms with Gasteiger partial charge in [0.1, 0.15) is 17.8 Å². The number of nitrogens with two attached hydrogens (primary N) is 1. The van der Waals surface area contributed by atoms with Crippen LogP contribution in [-0.4, -0.2) is 46.1 Å². The van der Waals surface area contributed by atoms with Crippen LogP contribution in [0.3, 0.4) is 0 Å². The molecule has 0 fully saturated rings. The summed E-state index contributed by atoms with van der Waals surface area (Å²) < 4.78 is 0. The Kier molecular flexibility index (Phi) is 8.05. The Hall–Kier alpha value is -2.61. The average Bonchev–Trinajstić information content (AvgIpc) is 2.60. The lowest BCUT2D eigenvalue weighted by molar-refractivity contribution is -0.142. The molecule has 26 heavy (non-hydrogen) atoms. The second kappa shape index (κ2) is 9.76. The Morgan fingerprint density at radius 2 is 1.65 bits per heavy atom. The number of carboxylic acids is 1. The third kappa shape index (κ3) is 6.36. The van der Waals surface area contributed by atoms with Crippen LogP contribution in [0.5, 0.6) is 5.75 Å². The smallest absolute Gasteiger partial charge is 0.325 e. The molecule has 144 valence electrons. The standard InChI is InChI=1S/C18H27N3O5/c1-4-10(2)15(17(24)20-11(3)18(25)26)21-16(23)14(19)9-12-5-7-13(22)8-6-12/h5-8,10-11,14-15,22H,4,9,19H2,1-3H3,(H,20,24)(H,21,23)(H,25,26)/t10-,11-,14-,15-/m0/s1. The summed E-state index contributed by atoms with van der Waals surface area (Å²) in [6.45, 7) is 5.02. The lowest BCUT2D eigenvalue weighted by Gasteiger charge is -2.26. The predicted octanol–water partition coefficient (Wildman–Crippen LogP) is 0.382. The summed E-state index contributed by atoms with van der Waals surface area (Å²) in [6.07, 6.45) is 0.861. The number of hydrogen-bond acceptors (Lipinski definition) is 5. The summed E-state index contributed by atoms with van der Waals surface area (Å²) in [6, 6.07) is 3.52. The van der Waals surface area contributed by atoms with Gasteiger partial charge in [0.2, 0.25) is 11.8 Å². The van der Waals surface area contributed by atoms with E-state index in [9.17, 15) is 19.5 Å². The number of nitrogens with one attached hydrogen (secondary N) is 2. The third-order valence-corrected chi connectivity index (χ3v) is 4.25. The fourth-order valence-corrected chi connectivity index (χ4v) is 2.31. The Morgan fingerprint density at radius 3 is 2.15 bits per heavy atom. The van der Waals surface area contributed by atoms with Crippen molar-refractivity contribution in [3.8, 4) is 5.75 Å². The molecule has 0 aliphatic heterocycles. The normalized spacial score (nSPS) is 15.4. The second-order valence-corrected chi connectivity index (χ2v) is 6.42. The number of phenols is 1. The number of benzene rings is 1. The maximum Gasteiger partial charge on any atom is 0.325 e. The number of aliphatic carboxylic acids is 1. The molecule has 0 aliphatic rings. The molecule has 1 aromatic carbocycles. The molecule has 8 heteroatoms. The van der Waals surface area contributed by atoms with Crippen molar-refractivity contribution in [3.63, 3.8) is 0 Å². The van der Waals surface area contributed by atoms with E-state index >= 15 is 0 Å². The third-order valence-electron chi connectivity index (χ3n) is 4.25. The number of carbonyl (C=O) groups excluding carboxylic acids is 2. The molecule has 0 saturated carbocycles. The molecular weight excluding hydrogens is 338 g/mol. The molecule has 0 saturated heterocycles. The van der Waals surface area contributed by atoms with Crippen molar-refractivity contribution in [2.75, 3.05) is 0 Å². The number of rotatable bonds is 9. The van der Waals surface area contributed by atoms with Crippen molar-refractivity contribution >= 4 is 17.8 Å². The Bertz CT molecular complexity index is 632. The minimum Gasteiger partial charge on any atom is -0.508 e. The van der Waals surface area contributed by atoms with Crippen molar-refractivity contribution in [3.05, 3.63) is 29.8 Å². The first-order valence-corrected chi connectivity index (χ1v) is 8.52. The minimum absolute atomic E-state index is 0.118. The molecule has 0 aliphatic carbocycles. The van der Waals surface area contributed by atoms with E-state index in [-0.39, 0.29) is 18.1 Å². The quantitative estimate of drug-likeness (QED) is 0.428. The maximum absolute atomic E-state index is 12.4. The fraction of sp³-hybridized carbons (Fsp3) is 0.500. The molecule has 0 spiro atoms. The molecule has 1 aromatic rings. The summed E-state index contributed by atoms with van der Waals surface area (Å²) >= 11 is 0. The van der Waals surface area contributed by atoms with Crippen LogP contribution in [0.1, 0.15) is 32.8 Å². The monoisotopic (exact) mass is 365 g/mol. The van der Waals surface area contributed by atoms with Gasteiger partial charge in [-0.25, -0.2) is 0 Å². The van der Waals surface area contributed by atoms with Crippen LogP contribution in [0.25, 0.3) is 0 Å². The molecule has 0 heterocycles. The average molecular weight is 365 g/mol. The van der Waals surface area contributed by atoms with Gasteiger partial charge in [0, 0.05) is 0 Å². The zero-order chi connectivity index (χ0) is 19.9. The van der Waals surface area contributed by atoms with E-state index in [1.165, 1.54) is 19.1 Å². The number of amides is 2. The van der Waals surface area contributed by atoms with Gasteiger partial charge in [0.15, 0.2) is 0 Å². The predicted molar refractivity (Wildman–Crippen MR) is 96.4 cm³/mol. The molecule has 8 nitrogen and oxygen atoms in total. The van der Waals surface area contributed by atoms with Crippen LogP contribution in [0.2, 0.25) is 0 Å². The SMILES string of the molecule is CC[C@H](C)[C@H](NC(=O)[C@@H](N)Cc1ccc(O)cc1)C(=O)N[C@@H](C)C(=O)O. The van der Waals surface area contributed by atoms with Gasteiger partial charge in [-0.2, -0.15) is 0 Å². The van der Waals surface area contributed by atoms with Gasteiger partial charge in [0.25, 0.3) is 0 Å². The first kappa shape index (κ1) is 21.4. The Morgan fingerprint density at radius 1 is 1.08 bits per heavy atom. The van der Waals surface area contributed by atoms with Gasteiger partial charge < -0.3 is 26.6 Å². The van der Waals surface area contributed by atoms with Crippen LogP contribution in [0.15, 0.2) is 24.3 Å². The minimum atomic E-state index is -1.16. The van der Waals surface area contributed by atoms with E-state index in [2.05, 4.69) is 10.6 Å². The van der Waals surface area contributed by atoms with Crippen molar-refractivity contribution in [2.24, 2.45) is 11.7 Å². The molecule has 1 rings (SSSR count). The van der Waals surface area contributed by atoms with E-state index in [1.807, 2.05) is 6.92 Å². The van der Waals surface area contributed by atoms with Gasteiger partial charge in [-0.3, -0.25) is 14.4 Å². The summed E-state index contributed by atoms with van der Waals surface area (Å²) in [5.41, 5.74) is 6.70. The largest absolute Gasteiger partial charge is 0.508 e. The maximum atomic E-state index is 12.4. The number of carboxylic acid groups (broad SMARTS) is 1. The number of carbonyl (C=O) groups is 3. The number of hydrogen-bond donors (Lipinski definition) is 5. The van der Waals surface area contributed by atoms with Crippen LogP contribution in [-0.2, 0) is 20.8 Å². The van der Waals surface area contributed by atoms with Gasteiger partial charge in [0.05, 0.1) is 6.04 Å². The van der Waals surface area contributed by atoms with Gasteiger partial charge in [-0.15, -0.1) is 0 Å². The Labute approximate surface area is 152 Å². The van der Waals surface area contributed by atoms with Gasteiger partial charge in [-0.1, -0.05) is 32.4 Å². The highest BCUT2D eigenvalue weighted by atomic mass is 16.4. The summed E-state index contributed by atoms with van der Waals surface area (Å²) in [5, 5.41) is 23.2. The Balaban J connectivity index is 2.76. The molecule has 2 amide bonds. The van der Waals surface area contributed by atoms with E-state index in [4.69, 9.17) is 10.8 Å². The van der Waals surface area contributed by atoms with Gasteiger partial charge >= 0.3 is 5.97 Å². The molecule has 0 bridgehead atoms. The van der Waals surface area contributed by atoms with Gasteiger partial charge in [-0.05, 0) is 37.0 Å². The first-order chi connectivity index (χ1) is 12.1. The zero-order valence-electron chi connectivity index (χ0n) is 15.2. The highest BCUT2D eigenvalue weighted by Crippen LogP contribution is 2.12. The van der Waals surface area contributed by atoms with E-state index in [0.717, 1.165) is 5.56 Å². The summed E-state index contributed by atoms with van der Waals surface area (Å²) in [5.74, 6) is -2.29. The van der Waals surface area contributed by atoms with Crippen molar-refractivity contribution < 1.29 is 24.6 Å². The molecule has 4 atom stereocenters. The highest BCUT2D eigenvalue weighted by molar-refractivity contribution is 5.91. The molecule has 0 radical (unpaired) electrons. The van der Waals surface area contributed by atoms with E-state index < -0.39 is 35.9 Å². The van der Waals surface area contributed by atoms with E-state index in [0.29, 0.717) is 6.42 Å². The van der Waals surface area contributed by atoms with Crippen LogP contribution in [0, 0.1) is 5.92 Å². The van der Waals surface area contributed by atoms with Crippen molar-refractivity contribution in [1.29, 1.82) is 0 Å². The fourth-order valence-electron chi connectivity index (χ4n) is 2.31. The topological polar surface area (TPSA) is 142 Å². The first-order valence-electron chi connectivity index (χ1n) is 8.52. The molecule has 6 N–H and O–H groups in total. The summed E-state index contributed by atoms with van der Waals surface area (Å²) in [4.78, 5) is 35.7. The van der Waals surface area contributed by atoms with Crippen LogP contribution >= 0.6 is 0 Å². The van der Waals surface area contributed by atoms with Crippen molar-refractivity contribution in [1.82, 2.24) is 10.6 Å². The molecular formula is C18H27N3O5. The highest BCUT2D eigenvalue weighted by Gasteiger charge is 2.29. The molecule has 0 unspecified atom stereocenters. The van der Waals surface area contributed by atoms with Crippen LogP contribution < -0.4 is 16.4 Å². The van der Waals surface area contributed by atoms with Crippen LogP contribution in [0.4, 0.5) is 0 Å². The number of phenolic OH excluding ortho intramolecular Hbond substituents is 1. The lowest BCUT2D eigenvalue weighted by atomic mass is 9.97. The summed E-state index contributed by atoms with van der Waals surface area (Å²) in [7, 11) is 0. The lowest BCUT2D eigenvalue weighted by Crippen LogP contribution is -2.56. The number of aromatic hydroxyl groups is 1. The van der Waals surface area contributed by atoms with Crippen molar-refractivity contribution in [2.45, 2.75) is 51.7 Å². The molecule has 0 aromatic heterocycles.